The van der Waals surface area contributed by atoms with Gasteiger partial charge in [0.2, 0.25) is 5.91 Å². The van der Waals surface area contributed by atoms with Crippen LogP contribution in [0, 0.1) is 0 Å². The minimum atomic E-state index is -0.953. The topological polar surface area (TPSA) is 105 Å². The highest BCUT2D eigenvalue weighted by Gasteiger charge is 2.15. The number of aliphatic carboxylic acids is 1. The van der Waals surface area contributed by atoms with E-state index in [1.54, 1.807) is 24.3 Å². The molecular formula is C15H15N3O3. The van der Waals surface area contributed by atoms with Gasteiger partial charge in [-0.1, -0.05) is 30.3 Å². The number of carboxylic acids is 1. The molecule has 21 heavy (non-hydrogen) atoms. The van der Waals surface area contributed by atoms with Crippen molar-refractivity contribution in [3.8, 4) is 0 Å². The molecule has 2 aromatic rings. The lowest BCUT2D eigenvalue weighted by molar-refractivity contribution is -0.136. The van der Waals surface area contributed by atoms with Gasteiger partial charge < -0.3 is 16.2 Å². The minimum absolute atomic E-state index is 0.155. The fourth-order valence-electron chi connectivity index (χ4n) is 1.79. The molecule has 0 spiro atoms. The molecule has 1 aromatic carbocycles. The van der Waals surface area contributed by atoms with E-state index in [4.69, 9.17) is 10.8 Å². The molecule has 1 atom stereocenters. The van der Waals surface area contributed by atoms with Crippen LogP contribution in [0.25, 0.3) is 0 Å². The first-order chi connectivity index (χ1) is 10.1. The Bertz CT molecular complexity index is 626. The second-order valence-corrected chi connectivity index (χ2v) is 4.49. The van der Waals surface area contributed by atoms with Crippen LogP contribution in [-0.2, 0) is 16.0 Å². The molecule has 0 radical (unpaired) electrons. The lowest BCUT2D eigenvalue weighted by atomic mass is 10.1. The summed E-state index contributed by atoms with van der Waals surface area (Å²) in [5, 5.41) is 11.3. The molecule has 0 saturated heterocycles. The predicted molar refractivity (Wildman–Crippen MR) is 77.6 cm³/mol. The maximum absolute atomic E-state index is 12.0. The molecule has 1 amide bonds. The minimum Gasteiger partial charge on any atom is -0.481 e. The second-order valence-electron chi connectivity index (χ2n) is 4.49. The molecule has 108 valence electrons. The van der Waals surface area contributed by atoms with Crippen molar-refractivity contribution in [1.82, 2.24) is 4.98 Å². The van der Waals surface area contributed by atoms with Crippen LogP contribution in [0.5, 0.6) is 0 Å². The van der Waals surface area contributed by atoms with Crippen LogP contribution in [0.1, 0.15) is 17.3 Å². The highest BCUT2D eigenvalue weighted by molar-refractivity contribution is 5.95. The van der Waals surface area contributed by atoms with Gasteiger partial charge in [-0.25, -0.2) is 0 Å². The first-order valence-electron chi connectivity index (χ1n) is 6.34. The van der Waals surface area contributed by atoms with Crippen LogP contribution in [0.2, 0.25) is 0 Å². The fourth-order valence-corrected chi connectivity index (χ4v) is 1.79. The summed E-state index contributed by atoms with van der Waals surface area (Å²) in [6, 6.07) is 11.4. The Morgan fingerprint density at radius 1 is 1.19 bits per heavy atom. The van der Waals surface area contributed by atoms with Gasteiger partial charge in [0.15, 0.2) is 0 Å². The molecule has 0 bridgehead atoms. The van der Waals surface area contributed by atoms with Crippen LogP contribution in [0.4, 0.5) is 5.69 Å². The summed E-state index contributed by atoms with van der Waals surface area (Å²) in [6.07, 6.45) is 1.26. The Balaban J connectivity index is 2.01. The van der Waals surface area contributed by atoms with Crippen molar-refractivity contribution >= 4 is 17.6 Å². The van der Waals surface area contributed by atoms with E-state index >= 15 is 0 Å². The van der Waals surface area contributed by atoms with Crippen molar-refractivity contribution in [3.05, 3.63) is 59.9 Å². The number of nitrogens with one attached hydrogen (secondary N) is 1. The Hall–Kier alpha value is -2.73. The van der Waals surface area contributed by atoms with Crippen LogP contribution in [0.3, 0.4) is 0 Å². The standard InChI is InChI=1S/C15H15N3O3/c16-14(10-4-2-1-3-5-10)15(21)18-12-7-6-11(17-9-12)8-13(19)20/h1-7,9,14H,8,16H2,(H,18,21)(H,19,20)/t14-/m0/s1. The number of carboxylic acid groups (broad SMARTS) is 1. The molecule has 0 aliphatic heterocycles. The maximum Gasteiger partial charge on any atom is 0.309 e. The van der Waals surface area contributed by atoms with Crippen LogP contribution < -0.4 is 11.1 Å². The van der Waals surface area contributed by atoms with E-state index in [2.05, 4.69) is 10.3 Å². The third kappa shape index (κ3) is 4.12. The van der Waals surface area contributed by atoms with Crippen molar-refractivity contribution in [3.63, 3.8) is 0 Å². The largest absolute Gasteiger partial charge is 0.481 e. The zero-order valence-corrected chi connectivity index (χ0v) is 11.2. The SMILES string of the molecule is N[C@H](C(=O)Nc1ccc(CC(=O)O)nc1)c1ccccc1. The van der Waals surface area contributed by atoms with E-state index in [-0.39, 0.29) is 12.3 Å². The van der Waals surface area contributed by atoms with E-state index in [1.807, 2.05) is 18.2 Å². The monoisotopic (exact) mass is 285 g/mol. The Morgan fingerprint density at radius 3 is 2.48 bits per heavy atom. The van der Waals surface area contributed by atoms with Gasteiger partial charge in [0, 0.05) is 0 Å². The molecule has 0 aliphatic carbocycles. The Labute approximate surface area is 121 Å². The molecular weight excluding hydrogens is 270 g/mol. The number of hydrogen-bond donors (Lipinski definition) is 3. The van der Waals surface area contributed by atoms with E-state index in [1.165, 1.54) is 6.20 Å². The number of nitrogens with zero attached hydrogens (tertiary/aromatic N) is 1. The van der Waals surface area contributed by atoms with E-state index < -0.39 is 12.0 Å². The molecule has 0 saturated carbocycles. The smallest absolute Gasteiger partial charge is 0.309 e. The maximum atomic E-state index is 12.0. The molecule has 0 fully saturated rings. The molecule has 1 aromatic heterocycles. The number of carbonyl (C=O) groups is 2. The quantitative estimate of drug-likeness (QED) is 0.769. The van der Waals surface area contributed by atoms with Crippen molar-refractivity contribution in [1.29, 1.82) is 0 Å². The van der Waals surface area contributed by atoms with Gasteiger partial charge in [0.25, 0.3) is 0 Å². The number of nitrogens with two attached hydrogens (primary N) is 1. The number of hydrogen-bond acceptors (Lipinski definition) is 4. The second kappa shape index (κ2) is 6.62. The summed E-state index contributed by atoms with van der Waals surface area (Å²) in [5.41, 5.74) is 7.48. The van der Waals surface area contributed by atoms with E-state index in [9.17, 15) is 9.59 Å². The average Bonchev–Trinajstić information content (AvgIpc) is 2.49. The Morgan fingerprint density at radius 2 is 1.90 bits per heavy atom. The number of carbonyl (C=O) groups excluding carboxylic acids is 1. The van der Waals surface area contributed by atoms with Gasteiger partial charge >= 0.3 is 5.97 Å². The first-order valence-corrected chi connectivity index (χ1v) is 6.34. The number of pyridine rings is 1. The summed E-state index contributed by atoms with van der Waals surface area (Å²) < 4.78 is 0. The van der Waals surface area contributed by atoms with Gasteiger partial charge in [-0.15, -0.1) is 0 Å². The fraction of sp³-hybridized carbons (Fsp3) is 0.133. The summed E-state index contributed by atoms with van der Waals surface area (Å²) in [4.78, 5) is 26.5. The third-order valence-corrected chi connectivity index (χ3v) is 2.87. The highest BCUT2D eigenvalue weighted by Crippen LogP contribution is 2.13. The average molecular weight is 285 g/mol. The summed E-state index contributed by atoms with van der Waals surface area (Å²) in [5.74, 6) is -1.31. The van der Waals surface area contributed by atoms with Gasteiger partial charge in [-0.05, 0) is 17.7 Å². The predicted octanol–water partition coefficient (Wildman–Crippen LogP) is 1.35. The summed E-state index contributed by atoms with van der Waals surface area (Å²) in [6.45, 7) is 0. The molecule has 4 N–H and O–H groups in total. The normalized spacial score (nSPS) is 11.7. The van der Waals surface area contributed by atoms with Crippen molar-refractivity contribution in [2.45, 2.75) is 12.5 Å². The van der Waals surface area contributed by atoms with E-state index in [0.717, 1.165) is 0 Å². The van der Waals surface area contributed by atoms with Gasteiger partial charge in [0.1, 0.15) is 6.04 Å². The van der Waals surface area contributed by atoms with Crippen LogP contribution in [0.15, 0.2) is 48.7 Å². The van der Waals surface area contributed by atoms with Gasteiger partial charge in [0.05, 0.1) is 24.0 Å². The summed E-state index contributed by atoms with van der Waals surface area (Å²) in [7, 11) is 0. The van der Waals surface area contributed by atoms with Gasteiger partial charge in [-0.3, -0.25) is 14.6 Å². The number of anilines is 1. The molecule has 0 aliphatic rings. The third-order valence-electron chi connectivity index (χ3n) is 2.87. The molecule has 6 nitrogen and oxygen atoms in total. The van der Waals surface area contributed by atoms with Crippen LogP contribution >= 0.6 is 0 Å². The van der Waals surface area contributed by atoms with Crippen molar-refractivity contribution in [2.24, 2.45) is 5.73 Å². The number of amides is 1. The molecule has 1 heterocycles. The zero-order chi connectivity index (χ0) is 15.2. The number of benzene rings is 1. The Kier molecular flexibility index (Phi) is 4.63. The highest BCUT2D eigenvalue weighted by atomic mass is 16.4. The van der Waals surface area contributed by atoms with Gasteiger partial charge in [-0.2, -0.15) is 0 Å². The molecule has 6 heteroatoms. The van der Waals surface area contributed by atoms with E-state index in [0.29, 0.717) is 16.9 Å². The number of rotatable bonds is 5. The van der Waals surface area contributed by atoms with Crippen LogP contribution in [-0.4, -0.2) is 22.0 Å². The zero-order valence-electron chi connectivity index (χ0n) is 11.2. The number of aromatic nitrogens is 1. The summed E-state index contributed by atoms with van der Waals surface area (Å²) >= 11 is 0. The lowest BCUT2D eigenvalue weighted by Gasteiger charge is -2.12. The van der Waals surface area contributed by atoms with Crippen molar-refractivity contribution < 1.29 is 14.7 Å². The molecule has 0 unspecified atom stereocenters. The molecule has 2 rings (SSSR count). The lowest BCUT2D eigenvalue weighted by Crippen LogP contribution is -2.27. The van der Waals surface area contributed by atoms with Crippen molar-refractivity contribution in [2.75, 3.05) is 5.32 Å². The first kappa shape index (κ1) is 14.7.